The summed E-state index contributed by atoms with van der Waals surface area (Å²) in [5.41, 5.74) is 2.33. The summed E-state index contributed by atoms with van der Waals surface area (Å²) in [5, 5.41) is 2.68. The third-order valence-corrected chi connectivity index (χ3v) is 6.06. The van der Waals surface area contributed by atoms with Gasteiger partial charge in [0.2, 0.25) is 10.0 Å². The van der Waals surface area contributed by atoms with E-state index < -0.39 is 10.0 Å². The summed E-state index contributed by atoms with van der Waals surface area (Å²) in [5.74, 6) is 0.391. The maximum absolute atomic E-state index is 11.7. The molecule has 0 spiro atoms. The normalized spacial score (nSPS) is 17.0. The molecule has 1 fully saturated rings. The minimum atomic E-state index is -3.12. The molecule has 1 saturated heterocycles. The van der Waals surface area contributed by atoms with E-state index in [1.54, 1.807) is 0 Å². The van der Waals surface area contributed by atoms with Crippen molar-refractivity contribution >= 4 is 38.1 Å². The van der Waals surface area contributed by atoms with Crippen molar-refractivity contribution in [3.05, 3.63) is 35.1 Å². The molecule has 1 aromatic carbocycles. The number of piperazine rings is 1. The number of halogens is 1. The third-order valence-electron chi connectivity index (χ3n) is 4.55. The molecule has 2 heterocycles. The second-order valence-corrected chi connectivity index (χ2v) is 8.90. The predicted octanol–water partition coefficient (Wildman–Crippen LogP) is 3.09. The third kappa shape index (κ3) is 3.36. The van der Waals surface area contributed by atoms with Crippen LogP contribution in [0, 0.1) is 0 Å². The molecule has 0 bridgehead atoms. The highest BCUT2D eigenvalue weighted by Crippen LogP contribution is 2.34. The number of fused-ring (bicyclic) bond motifs is 1. The van der Waals surface area contributed by atoms with Gasteiger partial charge in [-0.05, 0) is 29.0 Å². The molecule has 0 atom stereocenters. The van der Waals surface area contributed by atoms with E-state index in [2.05, 4.69) is 35.9 Å². The van der Waals surface area contributed by atoms with Crippen molar-refractivity contribution in [1.29, 1.82) is 0 Å². The average Bonchev–Trinajstić information content (AvgIpc) is 2.52. The Bertz CT molecular complexity index is 860. The number of hydrogen-bond donors (Lipinski definition) is 0. The summed E-state index contributed by atoms with van der Waals surface area (Å²) < 4.78 is 24.9. The first-order valence-corrected chi connectivity index (χ1v) is 10.3. The van der Waals surface area contributed by atoms with Crippen LogP contribution in [0.25, 0.3) is 10.8 Å². The number of rotatable bonds is 3. The van der Waals surface area contributed by atoms with Crippen LogP contribution in [0.1, 0.15) is 25.3 Å². The first-order valence-electron chi connectivity index (χ1n) is 8.05. The highest BCUT2D eigenvalue weighted by Gasteiger charge is 2.24. The largest absolute Gasteiger partial charge is 0.368 e. The molecule has 3 rings (SSSR count). The van der Waals surface area contributed by atoms with Crippen molar-refractivity contribution in [3.63, 3.8) is 0 Å². The van der Waals surface area contributed by atoms with Gasteiger partial charge in [-0.2, -0.15) is 4.31 Å². The summed E-state index contributed by atoms with van der Waals surface area (Å²) in [6, 6.07) is 6.17. The number of nitrogens with zero attached hydrogens (tertiary/aromatic N) is 3. The number of sulfonamides is 1. The van der Waals surface area contributed by atoms with Crippen molar-refractivity contribution < 1.29 is 8.42 Å². The quantitative estimate of drug-likeness (QED) is 0.782. The highest BCUT2D eigenvalue weighted by atomic mass is 35.5. The Morgan fingerprint density at radius 2 is 1.79 bits per heavy atom. The zero-order valence-corrected chi connectivity index (χ0v) is 15.7. The second-order valence-electron chi connectivity index (χ2n) is 6.53. The lowest BCUT2D eigenvalue weighted by molar-refractivity contribution is 0.388. The summed E-state index contributed by atoms with van der Waals surface area (Å²) >= 11 is 6.10. The summed E-state index contributed by atoms with van der Waals surface area (Å²) in [6.07, 6.45) is 3.09. The molecule has 7 heteroatoms. The van der Waals surface area contributed by atoms with Crippen molar-refractivity contribution in [2.45, 2.75) is 19.8 Å². The minimum Gasteiger partial charge on any atom is -0.368 e. The Balaban J connectivity index is 1.98. The molecule has 24 heavy (non-hydrogen) atoms. The lowest BCUT2D eigenvalue weighted by Crippen LogP contribution is -2.48. The van der Waals surface area contributed by atoms with E-state index in [1.165, 1.54) is 16.1 Å². The number of aromatic nitrogens is 1. The van der Waals surface area contributed by atoms with Crippen molar-refractivity contribution in [2.75, 3.05) is 37.3 Å². The monoisotopic (exact) mass is 367 g/mol. The van der Waals surface area contributed by atoms with Gasteiger partial charge in [0.05, 0.1) is 6.26 Å². The van der Waals surface area contributed by atoms with E-state index in [0.717, 1.165) is 16.5 Å². The fraction of sp³-hybridized carbons (Fsp3) is 0.471. The van der Waals surface area contributed by atoms with Crippen LogP contribution in [0.5, 0.6) is 0 Å². The maximum Gasteiger partial charge on any atom is 0.211 e. The summed E-state index contributed by atoms with van der Waals surface area (Å²) in [4.78, 5) is 6.48. The Morgan fingerprint density at radius 1 is 1.12 bits per heavy atom. The smallest absolute Gasteiger partial charge is 0.211 e. The van der Waals surface area contributed by atoms with Gasteiger partial charge in [0.15, 0.2) is 0 Å². The van der Waals surface area contributed by atoms with Gasteiger partial charge in [-0.15, -0.1) is 0 Å². The molecule has 1 aliphatic rings. The Hall–Kier alpha value is -1.37. The molecule has 0 amide bonds. The van der Waals surface area contributed by atoms with Gasteiger partial charge in [-0.1, -0.05) is 31.5 Å². The van der Waals surface area contributed by atoms with Gasteiger partial charge < -0.3 is 4.90 Å². The molecule has 0 radical (unpaired) electrons. The molecule has 2 aromatic rings. The molecule has 1 aliphatic heterocycles. The zero-order valence-electron chi connectivity index (χ0n) is 14.2. The van der Waals surface area contributed by atoms with E-state index in [0.29, 0.717) is 37.3 Å². The van der Waals surface area contributed by atoms with Crippen LogP contribution < -0.4 is 4.90 Å². The number of benzene rings is 1. The molecule has 130 valence electrons. The van der Waals surface area contributed by atoms with Crippen molar-refractivity contribution in [1.82, 2.24) is 9.29 Å². The van der Waals surface area contributed by atoms with Crippen LogP contribution >= 0.6 is 11.6 Å². The van der Waals surface area contributed by atoms with Gasteiger partial charge in [0, 0.05) is 43.4 Å². The van der Waals surface area contributed by atoms with E-state index in [1.807, 2.05) is 12.3 Å². The molecule has 0 saturated carbocycles. The predicted molar refractivity (Wildman–Crippen MR) is 99.5 cm³/mol. The van der Waals surface area contributed by atoms with E-state index >= 15 is 0 Å². The van der Waals surface area contributed by atoms with Gasteiger partial charge in [-0.3, -0.25) is 0 Å². The summed E-state index contributed by atoms with van der Waals surface area (Å²) in [6.45, 7) is 6.68. The molecular weight excluding hydrogens is 346 g/mol. The van der Waals surface area contributed by atoms with E-state index in [4.69, 9.17) is 11.6 Å². The zero-order chi connectivity index (χ0) is 17.5. The highest BCUT2D eigenvalue weighted by molar-refractivity contribution is 7.88. The Labute approximate surface area is 148 Å². The van der Waals surface area contributed by atoms with Crippen LogP contribution in [-0.2, 0) is 10.0 Å². The fourth-order valence-electron chi connectivity index (χ4n) is 3.26. The van der Waals surface area contributed by atoms with Crippen LogP contribution in [0.2, 0.25) is 5.15 Å². The molecule has 0 unspecified atom stereocenters. The molecule has 0 aliphatic carbocycles. The SMILES string of the molecule is CC(C)c1ccc(N2CCN(S(C)(=O)=O)CC2)c2cnc(Cl)cc12. The number of pyridine rings is 1. The first kappa shape index (κ1) is 17.5. The second kappa shape index (κ2) is 6.50. The lowest BCUT2D eigenvalue weighted by Gasteiger charge is -2.35. The van der Waals surface area contributed by atoms with Crippen molar-refractivity contribution in [2.24, 2.45) is 0 Å². The molecular formula is C17H22ClN3O2S. The van der Waals surface area contributed by atoms with Gasteiger partial charge >= 0.3 is 0 Å². The molecule has 1 aromatic heterocycles. The van der Waals surface area contributed by atoms with Gasteiger partial charge in [-0.25, -0.2) is 13.4 Å². The van der Waals surface area contributed by atoms with Crippen LogP contribution in [0.3, 0.4) is 0 Å². The van der Waals surface area contributed by atoms with E-state index in [-0.39, 0.29) is 0 Å². The van der Waals surface area contributed by atoms with Gasteiger partial charge in [0.1, 0.15) is 5.15 Å². The minimum absolute atomic E-state index is 0.391. The van der Waals surface area contributed by atoms with Crippen molar-refractivity contribution in [3.8, 4) is 0 Å². The standard InChI is InChI=1S/C17H22ClN3O2S/c1-12(2)13-4-5-16(15-11-19-17(18)10-14(13)15)20-6-8-21(9-7-20)24(3,22)23/h4-5,10-12H,6-9H2,1-3H3. The van der Waals surface area contributed by atoms with Crippen LogP contribution in [0.4, 0.5) is 5.69 Å². The summed E-state index contributed by atoms with van der Waals surface area (Å²) in [7, 11) is -3.12. The number of anilines is 1. The van der Waals surface area contributed by atoms with Gasteiger partial charge in [0.25, 0.3) is 0 Å². The maximum atomic E-state index is 11.7. The fourth-order valence-corrected chi connectivity index (χ4v) is 4.25. The Kier molecular flexibility index (Phi) is 4.73. The number of hydrogen-bond acceptors (Lipinski definition) is 4. The van der Waals surface area contributed by atoms with Crippen LogP contribution in [0.15, 0.2) is 24.4 Å². The van der Waals surface area contributed by atoms with E-state index in [9.17, 15) is 8.42 Å². The van der Waals surface area contributed by atoms with Crippen LogP contribution in [-0.4, -0.2) is 50.1 Å². The first-order chi connectivity index (χ1) is 11.3. The molecule has 5 nitrogen and oxygen atoms in total. The molecule has 0 N–H and O–H groups in total. The Morgan fingerprint density at radius 3 is 2.38 bits per heavy atom. The topological polar surface area (TPSA) is 53.5 Å². The lowest BCUT2D eigenvalue weighted by atomic mass is 9.96. The average molecular weight is 368 g/mol.